The van der Waals surface area contributed by atoms with Crippen molar-refractivity contribution in [2.75, 3.05) is 47.5 Å². The number of unbranched alkanes of at least 4 members (excludes halogenated alkanes) is 12. The number of esters is 2. The first-order valence-corrected chi connectivity index (χ1v) is 37.0. The van der Waals surface area contributed by atoms with Gasteiger partial charge in [-0.25, -0.2) is 4.57 Å². The van der Waals surface area contributed by atoms with Crippen LogP contribution in [0.25, 0.3) is 0 Å². The summed E-state index contributed by atoms with van der Waals surface area (Å²) in [7, 11) is 1.42. The molecular weight excluding hydrogens is 1160 g/mol. The van der Waals surface area contributed by atoms with Crippen molar-refractivity contribution in [3.8, 4) is 0 Å². The number of hydrogen-bond acceptors (Lipinski definition) is 7. The lowest BCUT2D eigenvalue weighted by molar-refractivity contribution is -0.870. The largest absolute Gasteiger partial charge is 0.472 e. The number of hydrogen-bond donors (Lipinski definition) is 1. The van der Waals surface area contributed by atoms with Gasteiger partial charge in [0.1, 0.15) is 19.8 Å². The molecule has 0 bridgehead atoms. The third-order valence-electron chi connectivity index (χ3n) is 14.0. The Morgan fingerprint density at radius 3 is 0.870 bits per heavy atom. The first-order valence-electron chi connectivity index (χ1n) is 35.5. The van der Waals surface area contributed by atoms with Gasteiger partial charge in [0.15, 0.2) is 6.10 Å². The highest BCUT2D eigenvalue weighted by molar-refractivity contribution is 7.47. The van der Waals surface area contributed by atoms with Crippen LogP contribution >= 0.6 is 7.82 Å². The molecule has 9 nitrogen and oxygen atoms in total. The second-order valence-electron chi connectivity index (χ2n) is 23.8. The smallest absolute Gasteiger partial charge is 0.462 e. The first kappa shape index (κ1) is 86.3. The number of phosphoric acid groups is 1. The van der Waals surface area contributed by atoms with Gasteiger partial charge in [-0.1, -0.05) is 284 Å². The molecule has 1 N–H and O–H groups in total. The van der Waals surface area contributed by atoms with E-state index in [1.54, 1.807) is 0 Å². The van der Waals surface area contributed by atoms with Gasteiger partial charge < -0.3 is 18.9 Å². The minimum absolute atomic E-state index is 0.0132. The molecule has 0 aromatic rings. The summed E-state index contributed by atoms with van der Waals surface area (Å²) in [6, 6.07) is 0. The van der Waals surface area contributed by atoms with Crippen LogP contribution in [0.4, 0.5) is 0 Å². The fourth-order valence-electron chi connectivity index (χ4n) is 8.65. The average molecular weight is 1290 g/mol. The maximum absolute atomic E-state index is 12.9. The molecule has 0 aliphatic heterocycles. The van der Waals surface area contributed by atoms with E-state index in [0.29, 0.717) is 23.9 Å². The van der Waals surface area contributed by atoms with E-state index in [-0.39, 0.29) is 26.1 Å². The Hall–Kier alpha value is -5.67. The van der Waals surface area contributed by atoms with Crippen molar-refractivity contribution < 1.29 is 42.1 Å². The molecule has 0 saturated carbocycles. The van der Waals surface area contributed by atoms with E-state index in [2.05, 4.69) is 233 Å². The van der Waals surface area contributed by atoms with Crippen LogP contribution in [0.5, 0.6) is 0 Å². The fraction of sp³-hybridized carbons (Fsp3) is 0.537. The lowest BCUT2D eigenvalue weighted by Crippen LogP contribution is -2.37. The summed E-state index contributed by atoms with van der Waals surface area (Å²) in [4.78, 5) is 35.9. The standard InChI is InChI=1S/C82H128NO8P/c1-6-8-10-12-14-16-18-20-22-24-26-28-30-32-34-35-36-37-38-39-40-41-42-43-44-45-46-47-49-51-53-55-57-59-61-63-65-67-69-71-73-75-82(85)91-80(79-90-92(86,87)89-77-76-83(3,4)5)78-88-81(84)74-72-70-68-66-64-62-60-58-56-54-52-50-48-33-31-29-27-25-23-21-19-17-15-13-11-9-7-2/h8-11,14-17,20-23,26-29,32-34,36-37,39-40,42-43,45-46,48-49,51-52,54-55,57-58,60,80H,6-7,12-13,18-19,24-25,30-31,35,38,41,44,47,50,53,56,59,61-79H2,1-5H3/p+1/b10-8-,11-9-,16-14-,17-15-,22-20-,23-21-,28-26-,29-27-,34-32-,37-36-,40-39-,43-42-,46-45-,48-33-,51-49-,54-52-,57-55-,60-58-. The minimum atomic E-state index is -4.42. The number of quaternary nitrogens is 1. The second kappa shape index (κ2) is 69.7. The number of carbonyl (C=O) groups is 2. The number of phosphoric ester groups is 1. The van der Waals surface area contributed by atoms with E-state index in [1.165, 1.54) is 12.8 Å². The molecule has 0 heterocycles. The first-order chi connectivity index (χ1) is 45.0. The van der Waals surface area contributed by atoms with Crippen molar-refractivity contribution in [2.45, 2.75) is 238 Å². The van der Waals surface area contributed by atoms with Crippen LogP contribution in [0.3, 0.4) is 0 Å². The highest BCUT2D eigenvalue weighted by Gasteiger charge is 2.27. The van der Waals surface area contributed by atoms with Gasteiger partial charge in [0.2, 0.25) is 0 Å². The van der Waals surface area contributed by atoms with Gasteiger partial charge in [0, 0.05) is 12.8 Å². The molecule has 0 aliphatic rings. The second-order valence-corrected chi connectivity index (χ2v) is 25.3. The van der Waals surface area contributed by atoms with Gasteiger partial charge in [-0.3, -0.25) is 18.6 Å². The number of rotatable bonds is 62. The highest BCUT2D eigenvalue weighted by atomic mass is 31.2. The van der Waals surface area contributed by atoms with Crippen LogP contribution in [-0.2, 0) is 32.7 Å². The lowest BCUT2D eigenvalue weighted by Gasteiger charge is -2.24. The van der Waals surface area contributed by atoms with E-state index in [0.717, 1.165) is 180 Å². The van der Waals surface area contributed by atoms with Gasteiger partial charge in [-0.2, -0.15) is 0 Å². The Morgan fingerprint density at radius 1 is 0.337 bits per heavy atom. The molecule has 0 saturated heterocycles. The molecule has 0 spiro atoms. The summed E-state index contributed by atoms with van der Waals surface area (Å²) in [6.07, 6.45) is 112. The molecule has 2 unspecified atom stereocenters. The zero-order valence-corrected chi connectivity index (χ0v) is 59.3. The Balaban J connectivity index is 4.21. The molecule has 0 radical (unpaired) electrons. The summed E-state index contributed by atoms with van der Waals surface area (Å²) in [5.41, 5.74) is 0. The van der Waals surface area contributed by atoms with Crippen molar-refractivity contribution in [2.24, 2.45) is 0 Å². The third kappa shape index (κ3) is 73.4. The van der Waals surface area contributed by atoms with Crippen LogP contribution < -0.4 is 0 Å². The Kier molecular flexibility index (Phi) is 65.4. The maximum Gasteiger partial charge on any atom is 0.472 e. The van der Waals surface area contributed by atoms with E-state index < -0.39 is 32.5 Å². The van der Waals surface area contributed by atoms with Gasteiger partial charge in [0.05, 0.1) is 27.7 Å². The zero-order valence-electron chi connectivity index (χ0n) is 58.4. The molecule has 10 heteroatoms. The normalized spacial score (nSPS) is 14.5. The Bertz CT molecular complexity index is 2360. The molecule has 0 aromatic carbocycles. The Morgan fingerprint density at radius 2 is 0.587 bits per heavy atom. The number of ether oxygens (including phenoxy) is 2. The number of carbonyl (C=O) groups excluding carboxylic acids is 2. The van der Waals surface area contributed by atoms with E-state index in [1.807, 2.05) is 21.1 Å². The van der Waals surface area contributed by atoms with Crippen molar-refractivity contribution in [1.82, 2.24) is 0 Å². The van der Waals surface area contributed by atoms with Gasteiger partial charge in [-0.05, 0) is 154 Å². The third-order valence-corrected chi connectivity index (χ3v) is 15.0. The van der Waals surface area contributed by atoms with Gasteiger partial charge >= 0.3 is 19.8 Å². The molecule has 514 valence electrons. The SMILES string of the molecule is CC/C=C\C/C=C\C/C=C\C/C=C\C/C=C\C/C=C\C/C=C\C/C=C\C/C=C\C/C=C\C/C=C\CCCCCCCCCC(=O)OC(COC(=O)CCCCCCC/C=C\C/C=C\C/C=C\C/C=C\C/C=C\C/C=C\C/C=C\CC)COP(=O)(O)OCC[N+](C)(C)C. The van der Waals surface area contributed by atoms with E-state index in [9.17, 15) is 19.0 Å². The van der Waals surface area contributed by atoms with E-state index in [4.69, 9.17) is 18.5 Å². The number of likely N-dealkylation sites (N-methyl/N-ethyl adjacent to an activating group) is 1. The number of allylic oxidation sites excluding steroid dienone is 36. The molecular formula is C82H129NO8P+. The van der Waals surface area contributed by atoms with E-state index >= 15 is 0 Å². The van der Waals surface area contributed by atoms with Crippen LogP contribution in [0.1, 0.15) is 232 Å². The zero-order chi connectivity index (χ0) is 66.9. The predicted octanol–water partition coefficient (Wildman–Crippen LogP) is 23.6. The van der Waals surface area contributed by atoms with Crippen molar-refractivity contribution >= 4 is 19.8 Å². The molecule has 0 fully saturated rings. The van der Waals surface area contributed by atoms with Crippen LogP contribution in [0.2, 0.25) is 0 Å². The molecule has 0 amide bonds. The van der Waals surface area contributed by atoms with Crippen LogP contribution in [-0.4, -0.2) is 74.9 Å². The highest BCUT2D eigenvalue weighted by Crippen LogP contribution is 2.43. The van der Waals surface area contributed by atoms with Gasteiger partial charge in [-0.15, -0.1) is 0 Å². The van der Waals surface area contributed by atoms with Crippen LogP contribution in [0.15, 0.2) is 219 Å². The van der Waals surface area contributed by atoms with Crippen molar-refractivity contribution in [3.05, 3.63) is 219 Å². The lowest BCUT2D eigenvalue weighted by atomic mass is 10.1. The minimum Gasteiger partial charge on any atom is -0.462 e. The fourth-order valence-corrected chi connectivity index (χ4v) is 9.39. The molecule has 0 aliphatic carbocycles. The molecule has 92 heavy (non-hydrogen) atoms. The molecule has 0 aromatic heterocycles. The molecule has 0 rings (SSSR count). The Labute approximate surface area is 563 Å². The monoisotopic (exact) mass is 1290 g/mol. The summed E-state index contributed by atoms with van der Waals surface area (Å²) in [5.74, 6) is -0.850. The topological polar surface area (TPSA) is 108 Å². The summed E-state index contributed by atoms with van der Waals surface area (Å²) < 4.78 is 34.7. The predicted molar refractivity (Wildman–Crippen MR) is 398 cm³/mol. The molecule has 2 atom stereocenters. The van der Waals surface area contributed by atoms with Crippen molar-refractivity contribution in [3.63, 3.8) is 0 Å². The summed E-state index contributed by atoms with van der Waals surface area (Å²) in [6.45, 7) is 4.14. The van der Waals surface area contributed by atoms with Crippen molar-refractivity contribution in [1.29, 1.82) is 0 Å². The van der Waals surface area contributed by atoms with Gasteiger partial charge in [0.25, 0.3) is 0 Å². The quantitative estimate of drug-likeness (QED) is 0.0211. The number of nitrogens with zero attached hydrogens (tertiary/aromatic N) is 1. The van der Waals surface area contributed by atoms with Crippen LogP contribution in [0, 0.1) is 0 Å². The average Bonchev–Trinajstić information content (AvgIpc) is 2.23. The summed E-state index contributed by atoms with van der Waals surface area (Å²) >= 11 is 0. The maximum atomic E-state index is 12.9. The summed E-state index contributed by atoms with van der Waals surface area (Å²) in [5, 5.41) is 0.